The molecule has 0 radical (unpaired) electrons. The summed E-state index contributed by atoms with van der Waals surface area (Å²) < 4.78 is 1.18. The van der Waals surface area contributed by atoms with Crippen molar-refractivity contribution in [1.29, 1.82) is 0 Å². The van der Waals surface area contributed by atoms with Gasteiger partial charge in [-0.1, -0.05) is 19.1 Å². The minimum absolute atomic E-state index is 0.0578. The highest BCUT2D eigenvalue weighted by molar-refractivity contribution is 7.18. The maximum absolute atomic E-state index is 12.2. The van der Waals surface area contributed by atoms with E-state index >= 15 is 0 Å². The summed E-state index contributed by atoms with van der Waals surface area (Å²) in [5, 5.41) is 6.29. The van der Waals surface area contributed by atoms with Crippen molar-refractivity contribution in [1.82, 2.24) is 15.6 Å². The molecule has 2 heterocycles. The number of imide groups is 1. The van der Waals surface area contributed by atoms with Gasteiger partial charge in [0.25, 0.3) is 5.91 Å². The molecule has 1 fully saturated rings. The minimum atomic E-state index is -0.408. The van der Waals surface area contributed by atoms with Crippen molar-refractivity contribution in [3.63, 3.8) is 0 Å². The van der Waals surface area contributed by atoms with Crippen LogP contribution in [0.25, 0.3) is 10.2 Å². The highest BCUT2D eigenvalue weighted by Crippen LogP contribution is 2.28. The van der Waals surface area contributed by atoms with Crippen LogP contribution in [0.4, 0.5) is 4.79 Å². The van der Waals surface area contributed by atoms with Crippen LogP contribution >= 0.6 is 11.3 Å². The summed E-state index contributed by atoms with van der Waals surface area (Å²) in [6, 6.07) is 8.01. The third-order valence-corrected chi connectivity index (χ3v) is 5.87. The molecule has 3 atom stereocenters. The molecule has 1 aromatic carbocycles. The molecule has 1 aromatic heterocycles. The molecule has 0 spiro atoms. The topological polar surface area (TPSA) is 75.5 Å². The molecule has 3 rings (SSSR count). The fraction of sp³-hybridized carbons (Fsp3) is 0.500. The van der Waals surface area contributed by atoms with Gasteiger partial charge in [-0.3, -0.25) is 10.1 Å². The molecule has 134 valence electrons. The van der Waals surface area contributed by atoms with Gasteiger partial charge in [-0.25, -0.2) is 9.78 Å². The average molecular weight is 361 g/mol. The Hall–Kier alpha value is -1.99. The molecule has 1 saturated heterocycles. The highest BCUT2D eigenvalue weighted by atomic mass is 32.1. The Morgan fingerprint density at radius 1 is 1.40 bits per heavy atom. The molecule has 25 heavy (non-hydrogen) atoms. The molecular formula is C18H25N4O2S+. The lowest BCUT2D eigenvalue weighted by Crippen LogP contribution is -3.11. The molecular weight excluding hydrogens is 336 g/mol. The zero-order chi connectivity index (χ0) is 17.8. The standard InChI is InChI=1S/C18H24N4O2S/c1-3-12(2)19-18(24)21-16(23)11-22-10-6-8-14(22)17-20-13-7-4-5-9-15(13)25-17/h4-5,7,9,12,14H,3,6,8,10-11H2,1-2H3,(H2,19,21,23,24)/p+1/t12-,14-/m1/s1. The van der Waals surface area contributed by atoms with Gasteiger partial charge < -0.3 is 10.2 Å². The van der Waals surface area contributed by atoms with Crippen molar-refractivity contribution in [2.45, 2.75) is 45.2 Å². The van der Waals surface area contributed by atoms with E-state index in [4.69, 9.17) is 4.98 Å². The summed E-state index contributed by atoms with van der Waals surface area (Å²) in [5.41, 5.74) is 1.02. The van der Waals surface area contributed by atoms with Crippen LogP contribution in [0.5, 0.6) is 0 Å². The molecule has 7 heteroatoms. The fourth-order valence-electron chi connectivity index (χ4n) is 3.20. The highest BCUT2D eigenvalue weighted by Gasteiger charge is 2.34. The number of nitrogens with one attached hydrogen (secondary N) is 3. The second-order valence-electron chi connectivity index (χ2n) is 6.63. The number of hydrogen-bond acceptors (Lipinski definition) is 4. The molecule has 0 aliphatic carbocycles. The lowest BCUT2D eigenvalue weighted by Gasteiger charge is -2.19. The van der Waals surface area contributed by atoms with Crippen LogP contribution < -0.4 is 15.5 Å². The van der Waals surface area contributed by atoms with E-state index in [1.54, 1.807) is 11.3 Å². The van der Waals surface area contributed by atoms with Crippen LogP contribution in [0.1, 0.15) is 44.2 Å². The van der Waals surface area contributed by atoms with Crippen molar-refractivity contribution < 1.29 is 14.5 Å². The second-order valence-corrected chi connectivity index (χ2v) is 7.69. The molecule has 1 aliphatic rings. The van der Waals surface area contributed by atoms with Crippen molar-refractivity contribution in [2.75, 3.05) is 13.1 Å². The monoisotopic (exact) mass is 361 g/mol. The van der Waals surface area contributed by atoms with Crippen LogP contribution in [0, 0.1) is 0 Å². The first-order chi connectivity index (χ1) is 12.1. The third kappa shape index (κ3) is 4.35. The zero-order valence-corrected chi connectivity index (χ0v) is 15.5. The fourth-order valence-corrected chi connectivity index (χ4v) is 4.36. The molecule has 6 nitrogen and oxygen atoms in total. The van der Waals surface area contributed by atoms with E-state index in [1.165, 1.54) is 9.60 Å². The van der Waals surface area contributed by atoms with Gasteiger partial charge in [-0.15, -0.1) is 11.3 Å². The van der Waals surface area contributed by atoms with Gasteiger partial charge in [0.15, 0.2) is 11.6 Å². The van der Waals surface area contributed by atoms with Gasteiger partial charge in [-0.2, -0.15) is 0 Å². The minimum Gasteiger partial charge on any atom is -0.335 e. The number of amides is 3. The number of hydrogen-bond donors (Lipinski definition) is 3. The number of nitrogens with zero attached hydrogens (tertiary/aromatic N) is 1. The van der Waals surface area contributed by atoms with E-state index in [2.05, 4.69) is 16.7 Å². The van der Waals surface area contributed by atoms with E-state index in [1.807, 2.05) is 32.0 Å². The van der Waals surface area contributed by atoms with E-state index < -0.39 is 6.03 Å². The quantitative estimate of drug-likeness (QED) is 0.758. The number of thiazole rings is 1. The predicted octanol–water partition coefficient (Wildman–Crippen LogP) is 1.64. The average Bonchev–Trinajstić information content (AvgIpc) is 3.20. The Kier molecular flexibility index (Phi) is 5.65. The van der Waals surface area contributed by atoms with Gasteiger partial charge in [0.05, 0.1) is 16.8 Å². The summed E-state index contributed by atoms with van der Waals surface area (Å²) >= 11 is 1.71. The smallest absolute Gasteiger partial charge is 0.321 e. The number of likely N-dealkylation sites (tertiary alicyclic amines) is 1. The predicted molar refractivity (Wildman–Crippen MR) is 98.7 cm³/mol. The maximum atomic E-state index is 12.2. The summed E-state index contributed by atoms with van der Waals surface area (Å²) in [7, 11) is 0. The Morgan fingerprint density at radius 2 is 2.20 bits per heavy atom. The van der Waals surface area contributed by atoms with Gasteiger partial charge >= 0.3 is 6.03 Å². The normalized spacial score (nSPS) is 21.2. The number of carbonyl (C=O) groups is 2. The summed E-state index contributed by atoms with van der Waals surface area (Å²) in [5.74, 6) is -0.233. The number of quaternary nitrogens is 1. The van der Waals surface area contributed by atoms with Gasteiger partial charge in [0.1, 0.15) is 6.04 Å². The van der Waals surface area contributed by atoms with Crippen molar-refractivity contribution in [3.05, 3.63) is 29.3 Å². The lowest BCUT2D eigenvalue weighted by atomic mass is 10.2. The van der Waals surface area contributed by atoms with Crippen molar-refractivity contribution in [3.8, 4) is 0 Å². The lowest BCUT2D eigenvalue weighted by molar-refractivity contribution is -0.910. The van der Waals surface area contributed by atoms with E-state index in [0.717, 1.165) is 36.3 Å². The summed E-state index contributed by atoms with van der Waals surface area (Å²) in [6.45, 7) is 5.14. The van der Waals surface area contributed by atoms with Gasteiger partial charge in [-0.05, 0) is 25.5 Å². The molecule has 1 unspecified atom stereocenters. The van der Waals surface area contributed by atoms with Crippen LogP contribution in [0.2, 0.25) is 0 Å². The first kappa shape index (κ1) is 17.8. The Balaban J connectivity index is 1.61. The first-order valence-electron chi connectivity index (χ1n) is 8.87. The number of carbonyl (C=O) groups excluding carboxylic acids is 2. The summed E-state index contributed by atoms with van der Waals surface area (Å²) in [4.78, 5) is 30.0. The molecule has 0 saturated carbocycles. The molecule has 2 aromatic rings. The zero-order valence-electron chi connectivity index (χ0n) is 14.7. The second kappa shape index (κ2) is 7.93. The molecule has 0 bridgehead atoms. The van der Waals surface area contributed by atoms with Gasteiger partial charge in [0.2, 0.25) is 0 Å². The Morgan fingerprint density at radius 3 is 2.96 bits per heavy atom. The van der Waals surface area contributed by atoms with E-state index in [0.29, 0.717) is 6.54 Å². The van der Waals surface area contributed by atoms with E-state index in [-0.39, 0.29) is 18.0 Å². The third-order valence-electron chi connectivity index (χ3n) is 4.72. The van der Waals surface area contributed by atoms with Crippen LogP contribution in [0.15, 0.2) is 24.3 Å². The Bertz CT molecular complexity index is 727. The molecule has 3 amide bonds. The number of rotatable bonds is 5. The SMILES string of the molecule is CC[C@@H](C)NC(=O)NC(=O)C[NH+]1CCC[C@@H]1c1nc2ccccc2s1. The number of benzene rings is 1. The number of aromatic nitrogens is 1. The van der Waals surface area contributed by atoms with Crippen molar-refractivity contribution >= 4 is 33.5 Å². The largest absolute Gasteiger partial charge is 0.335 e. The number of para-hydroxylation sites is 1. The van der Waals surface area contributed by atoms with Crippen LogP contribution in [0.3, 0.4) is 0 Å². The van der Waals surface area contributed by atoms with Gasteiger partial charge in [0, 0.05) is 18.9 Å². The first-order valence-corrected chi connectivity index (χ1v) is 9.69. The molecule has 1 aliphatic heterocycles. The van der Waals surface area contributed by atoms with E-state index in [9.17, 15) is 9.59 Å². The maximum Gasteiger partial charge on any atom is 0.321 e. The van der Waals surface area contributed by atoms with Crippen LogP contribution in [-0.2, 0) is 4.79 Å². The van der Waals surface area contributed by atoms with Crippen molar-refractivity contribution in [2.24, 2.45) is 0 Å². The number of urea groups is 1. The summed E-state index contributed by atoms with van der Waals surface area (Å²) in [6.07, 6.45) is 2.93. The van der Waals surface area contributed by atoms with Crippen LogP contribution in [-0.4, -0.2) is 36.1 Å². The Labute approximate surface area is 151 Å². The number of fused-ring (bicyclic) bond motifs is 1. The molecule has 3 N–H and O–H groups in total.